The van der Waals surface area contributed by atoms with Crippen molar-refractivity contribution in [3.05, 3.63) is 108 Å². The van der Waals surface area contributed by atoms with E-state index >= 15 is 0 Å². The Labute approximate surface area is 333 Å². The lowest BCUT2D eigenvalue weighted by Crippen LogP contribution is -2.36. The molecular weight excluding hydrogens is 719 g/mol. The average Bonchev–Trinajstić information content (AvgIpc) is 3.78. The highest BCUT2D eigenvalue weighted by Crippen LogP contribution is 2.35. The molecule has 4 aromatic heterocycles. The molecule has 0 aliphatic heterocycles. The van der Waals surface area contributed by atoms with E-state index in [1.165, 1.54) is 23.8 Å². The van der Waals surface area contributed by atoms with Gasteiger partial charge in [0.05, 0.1) is 21.9 Å². The summed E-state index contributed by atoms with van der Waals surface area (Å²) in [6, 6.07) is 25.6. The zero-order chi connectivity index (χ0) is 39.5. The van der Waals surface area contributed by atoms with Crippen LogP contribution in [0.5, 0.6) is 0 Å². The van der Waals surface area contributed by atoms with Gasteiger partial charge in [-0.15, -0.1) is 0 Å². The van der Waals surface area contributed by atoms with Gasteiger partial charge in [0.15, 0.2) is 17.1 Å². The molecule has 0 amide bonds. The molecule has 6 N–H and O–H groups in total. The summed E-state index contributed by atoms with van der Waals surface area (Å²) in [6.07, 6.45) is 4.53. The quantitative estimate of drug-likeness (QED) is 0.0851. The number of anilines is 2. The first kappa shape index (κ1) is 41.2. The van der Waals surface area contributed by atoms with Crippen molar-refractivity contribution in [2.24, 2.45) is 5.73 Å². The number of aromatic nitrogens is 8. The Kier molecular flexibility index (Phi) is 12.4. The zero-order valence-electron chi connectivity index (χ0n) is 32.1. The van der Waals surface area contributed by atoms with Gasteiger partial charge in [0, 0.05) is 34.5 Å². The summed E-state index contributed by atoms with van der Waals surface area (Å²) in [5.74, 6) is 0.881. The normalized spacial score (nSPS) is 11.6. The Bertz CT molecular complexity index is 2470. The number of hydrogen-bond donors (Lipinski definition) is 3. The summed E-state index contributed by atoms with van der Waals surface area (Å²) < 4.78 is 3.76. The molecule has 13 heteroatoms. The molecule has 290 valence electrons. The first-order valence-electron chi connectivity index (χ1n) is 18.1. The van der Waals surface area contributed by atoms with Crippen LogP contribution in [-0.2, 0) is 11.1 Å². The SMILES string of the molecule is C.Cc1ccc(-c2nn(C(C)(C)CCC(=S)CC(=O)c3ccccc3)c3ncnc(N)c23)cc1.Cc1ccc(-c2nn(C(C)(C)CN)c3ncnc(N)c23)cc1. The van der Waals surface area contributed by atoms with E-state index in [1.807, 2.05) is 109 Å². The minimum absolute atomic E-state index is 0. The van der Waals surface area contributed by atoms with E-state index in [0.29, 0.717) is 47.9 Å². The molecule has 0 atom stereocenters. The summed E-state index contributed by atoms with van der Waals surface area (Å²) in [4.78, 5) is 30.4. The minimum Gasteiger partial charge on any atom is -0.383 e. The lowest BCUT2D eigenvalue weighted by atomic mass is 9.95. The second kappa shape index (κ2) is 16.8. The van der Waals surface area contributed by atoms with Crippen molar-refractivity contribution < 1.29 is 4.79 Å². The van der Waals surface area contributed by atoms with Crippen molar-refractivity contribution in [2.45, 2.75) is 79.3 Å². The Morgan fingerprint density at radius 3 is 1.57 bits per heavy atom. The summed E-state index contributed by atoms with van der Waals surface area (Å²) in [5, 5.41) is 11.2. The number of carbonyl (C=O) groups excluding carboxylic acids is 1. The van der Waals surface area contributed by atoms with Gasteiger partial charge in [0.25, 0.3) is 0 Å². The number of nitrogens with two attached hydrogens (primary N) is 3. The number of hydrogen-bond acceptors (Lipinski definition) is 11. The van der Waals surface area contributed by atoms with Gasteiger partial charge in [-0.05, 0) is 54.4 Å². The third-order valence-corrected chi connectivity index (χ3v) is 10.1. The van der Waals surface area contributed by atoms with Gasteiger partial charge in [-0.3, -0.25) is 4.79 Å². The molecule has 4 heterocycles. The number of nitrogens with zero attached hydrogens (tertiary/aromatic N) is 8. The maximum absolute atomic E-state index is 12.5. The predicted octanol–water partition coefficient (Wildman–Crippen LogP) is 8.26. The molecular formula is C43H51N11OS. The van der Waals surface area contributed by atoms with Crippen LogP contribution in [0.25, 0.3) is 44.6 Å². The molecule has 0 aliphatic rings. The third-order valence-electron chi connectivity index (χ3n) is 9.75. The Morgan fingerprint density at radius 2 is 1.12 bits per heavy atom. The number of thiocarbonyl (C=S) groups is 1. The number of benzene rings is 3. The molecule has 0 bridgehead atoms. The van der Waals surface area contributed by atoms with Crippen LogP contribution < -0.4 is 17.2 Å². The average molecular weight is 770 g/mol. The van der Waals surface area contributed by atoms with Crippen LogP contribution in [-0.4, -0.2) is 56.7 Å². The zero-order valence-corrected chi connectivity index (χ0v) is 32.9. The van der Waals surface area contributed by atoms with E-state index in [2.05, 4.69) is 40.7 Å². The number of fused-ring (bicyclic) bond motifs is 2. The monoisotopic (exact) mass is 769 g/mol. The molecule has 0 unspecified atom stereocenters. The molecule has 0 radical (unpaired) electrons. The van der Waals surface area contributed by atoms with Gasteiger partial charge in [-0.1, -0.05) is 110 Å². The van der Waals surface area contributed by atoms with Crippen molar-refractivity contribution in [1.29, 1.82) is 0 Å². The maximum atomic E-state index is 12.5. The van der Waals surface area contributed by atoms with Crippen LogP contribution >= 0.6 is 12.2 Å². The van der Waals surface area contributed by atoms with Crippen LogP contribution in [0.3, 0.4) is 0 Å². The lowest BCUT2D eigenvalue weighted by Gasteiger charge is -2.26. The predicted molar refractivity (Wildman–Crippen MR) is 231 cm³/mol. The number of aryl methyl sites for hydroxylation is 2. The fraction of sp³-hybridized carbons (Fsp3) is 0.302. The molecule has 3 aromatic carbocycles. The van der Waals surface area contributed by atoms with E-state index < -0.39 is 5.54 Å². The van der Waals surface area contributed by atoms with Gasteiger partial charge in [0.1, 0.15) is 35.7 Å². The number of Topliss-reactive ketones (excluding diaryl/α,β-unsaturated/α-hetero) is 1. The second-order valence-electron chi connectivity index (χ2n) is 15.0. The molecule has 0 fully saturated rings. The van der Waals surface area contributed by atoms with Crippen molar-refractivity contribution >= 4 is 56.6 Å². The standard InChI is InChI=1S/C26H27N5OS.C16H20N6.CH4/c1-17-9-11-19(12-10-17)23-22-24(27)28-16-29-25(22)31(30-23)26(2,3)14-13-20(33)15-21(32)18-7-5-4-6-8-18;1-10-4-6-11(7-5-10)13-12-14(18)19-9-20-15(12)22(21-13)16(2,3)8-17;/h4-12,16H,13-15H2,1-3H3,(H2,27,28,29);4-7,9H,8,17H2,1-3H3,(H2,18,19,20);1H4. The number of rotatable bonds is 11. The van der Waals surface area contributed by atoms with Gasteiger partial charge in [-0.25, -0.2) is 29.3 Å². The second-order valence-corrected chi connectivity index (χ2v) is 15.6. The first-order valence-corrected chi connectivity index (χ1v) is 18.5. The summed E-state index contributed by atoms with van der Waals surface area (Å²) in [6.45, 7) is 12.8. The summed E-state index contributed by atoms with van der Waals surface area (Å²) >= 11 is 5.56. The van der Waals surface area contributed by atoms with Gasteiger partial charge in [0.2, 0.25) is 0 Å². The van der Waals surface area contributed by atoms with Crippen molar-refractivity contribution in [3.63, 3.8) is 0 Å². The van der Waals surface area contributed by atoms with Crippen LogP contribution in [0.1, 0.15) is 75.9 Å². The molecule has 0 aliphatic carbocycles. The third kappa shape index (κ3) is 8.64. The van der Waals surface area contributed by atoms with Crippen LogP contribution in [0.2, 0.25) is 0 Å². The van der Waals surface area contributed by atoms with Gasteiger partial charge >= 0.3 is 0 Å². The largest absolute Gasteiger partial charge is 0.383 e. The van der Waals surface area contributed by atoms with Crippen molar-refractivity contribution in [1.82, 2.24) is 39.5 Å². The smallest absolute Gasteiger partial charge is 0.167 e. The molecule has 12 nitrogen and oxygen atoms in total. The van der Waals surface area contributed by atoms with E-state index in [-0.39, 0.29) is 25.2 Å². The fourth-order valence-electron chi connectivity index (χ4n) is 6.25. The van der Waals surface area contributed by atoms with E-state index in [9.17, 15) is 4.79 Å². The van der Waals surface area contributed by atoms with Crippen LogP contribution in [0, 0.1) is 13.8 Å². The first-order chi connectivity index (χ1) is 26.2. The van der Waals surface area contributed by atoms with Crippen molar-refractivity contribution in [3.8, 4) is 22.5 Å². The molecule has 7 rings (SSSR count). The number of nitrogen functional groups attached to an aromatic ring is 2. The van der Waals surface area contributed by atoms with E-state index in [1.54, 1.807) is 0 Å². The Morgan fingerprint density at radius 1 is 0.679 bits per heavy atom. The highest BCUT2D eigenvalue weighted by Gasteiger charge is 2.29. The molecule has 0 saturated heterocycles. The lowest BCUT2D eigenvalue weighted by molar-refractivity contribution is 0.100. The van der Waals surface area contributed by atoms with Gasteiger partial charge < -0.3 is 17.2 Å². The highest BCUT2D eigenvalue weighted by atomic mass is 32.1. The molecule has 0 spiro atoms. The Balaban J connectivity index is 0.000000227. The van der Waals surface area contributed by atoms with Gasteiger partial charge in [-0.2, -0.15) is 10.2 Å². The number of carbonyl (C=O) groups is 1. The Hall–Kier alpha value is -5.92. The maximum Gasteiger partial charge on any atom is 0.167 e. The summed E-state index contributed by atoms with van der Waals surface area (Å²) in [5.41, 5.74) is 25.4. The summed E-state index contributed by atoms with van der Waals surface area (Å²) in [7, 11) is 0. The highest BCUT2D eigenvalue weighted by molar-refractivity contribution is 7.80. The fourth-order valence-corrected chi connectivity index (χ4v) is 6.48. The molecule has 0 saturated carbocycles. The number of ketones is 1. The van der Waals surface area contributed by atoms with Crippen LogP contribution in [0.4, 0.5) is 11.6 Å². The minimum atomic E-state index is -0.401. The van der Waals surface area contributed by atoms with E-state index in [4.69, 9.17) is 39.6 Å². The topological polar surface area (TPSA) is 182 Å². The van der Waals surface area contributed by atoms with Crippen LogP contribution in [0.15, 0.2) is 91.5 Å². The molecule has 56 heavy (non-hydrogen) atoms. The molecule has 7 aromatic rings. The van der Waals surface area contributed by atoms with E-state index in [0.717, 1.165) is 38.2 Å². The van der Waals surface area contributed by atoms with Crippen molar-refractivity contribution in [2.75, 3.05) is 18.0 Å².